The monoisotopic (exact) mass is 278 g/mol. The lowest BCUT2D eigenvalue weighted by Crippen LogP contribution is -2.66. The molecule has 0 aromatic heterocycles. The summed E-state index contributed by atoms with van der Waals surface area (Å²) in [5.74, 6) is -0.668. The van der Waals surface area contributed by atoms with Crippen molar-refractivity contribution in [3.05, 3.63) is 0 Å². The number of carbonyl (C=O) groups is 1. The van der Waals surface area contributed by atoms with Crippen LogP contribution in [0, 0.1) is 0 Å². The van der Waals surface area contributed by atoms with Crippen LogP contribution in [0.1, 0.15) is 12.8 Å². The van der Waals surface area contributed by atoms with Crippen LogP contribution in [0.15, 0.2) is 0 Å². The molecule has 0 radical (unpaired) electrons. The number of nitrogens with one attached hydrogen (secondary N) is 3. The molecule has 3 aliphatic heterocycles. The predicted octanol–water partition coefficient (Wildman–Crippen LogP) is -2.42. The zero-order valence-corrected chi connectivity index (χ0v) is 10.3. The zero-order valence-electron chi connectivity index (χ0n) is 9.51. The van der Waals surface area contributed by atoms with E-state index >= 15 is 0 Å². The number of hydroxylamine groups is 3. The first-order chi connectivity index (χ1) is 8.55. The van der Waals surface area contributed by atoms with Crippen molar-refractivity contribution in [1.29, 1.82) is 0 Å². The molecule has 18 heavy (non-hydrogen) atoms. The summed E-state index contributed by atoms with van der Waals surface area (Å²) in [5.41, 5.74) is 1.13. The van der Waals surface area contributed by atoms with Crippen LogP contribution in [0.2, 0.25) is 0 Å². The van der Waals surface area contributed by atoms with Crippen LogP contribution in [0.4, 0.5) is 0 Å². The third kappa shape index (κ3) is 1.73. The molecule has 102 valence electrons. The smallest absolute Gasteiger partial charge is 0.296 e. The molecular formula is C8H14N4O5S. The summed E-state index contributed by atoms with van der Waals surface area (Å²) in [4.78, 5) is 22.7. The van der Waals surface area contributed by atoms with Crippen LogP contribution in [0.3, 0.4) is 0 Å². The molecule has 2 unspecified atom stereocenters. The van der Waals surface area contributed by atoms with E-state index in [4.69, 9.17) is 9.68 Å². The molecule has 9 nitrogen and oxygen atoms in total. The zero-order chi connectivity index (χ0) is 12.8. The van der Waals surface area contributed by atoms with E-state index in [1.54, 1.807) is 0 Å². The van der Waals surface area contributed by atoms with Gasteiger partial charge in [-0.25, -0.2) is 10.2 Å². The van der Waals surface area contributed by atoms with Crippen molar-refractivity contribution in [2.24, 2.45) is 0 Å². The van der Waals surface area contributed by atoms with Gasteiger partial charge in [-0.3, -0.25) is 14.5 Å². The minimum atomic E-state index is -3.86. The number of carbonyl (C=O) groups excluding carboxylic acids is 1. The third-order valence-electron chi connectivity index (χ3n) is 3.21. The Morgan fingerprint density at radius 1 is 1.44 bits per heavy atom. The minimum Gasteiger partial charge on any atom is -0.296 e. The van der Waals surface area contributed by atoms with Crippen LogP contribution in [0.5, 0.6) is 0 Å². The predicted molar refractivity (Wildman–Crippen MR) is 57.7 cm³/mol. The Bertz CT molecular complexity index is 438. The molecule has 10 heteroatoms. The molecule has 2 atom stereocenters. The Labute approximate surface area is 104 Å². The average Bonchev–Trinajstić information content (AvgIpc) is 2.99. The quantitative estimate of drug-likeness (QED) is 0.515. The Hall–Kier alpha value is -0.780. The summed E-state index contributed by atoms with van der Waals surface area (Å²) in [6, 6.07) is 0. The largest absolute Gasteiger partial charge is 0.303 e. The van der Waals surface area contributed by atoms with Crippen LogP contribution in [-0.4, -0.2) is 50.9 Å². The Kier molecular flexibility index (Phi) is 2.80. The lowest BCUT2D eigenvalue weighted by atomic mass is 10.0. The fourth-order valence-corrected chi connectivity index (χ4v) is 3.63. The molecule has 0 aromatic rings. The van der Waals surface area contributed by atoms with E-state index in [1.165, 1.54) is 5.06 Å². The molecule has 0 aromatic carbocycles. The van der Waals surface area contributed by atoms with E-state index in [0.717, 1.165) is 6.42 Å². The lowest BCUT2D eigenvalue weighted by molar-refractivity contribution is -0.220. The first-order valence-electron chi connectivity index (χ1n) is 5.70. The Balaban J connectivity index is 1.99. The molecule has 3 fully saturated rings. The highest BCUT2D eigenvalue weighted by Crippen LogP contribution is 2.31. The van der Waals surface area contributed by atoms with Crippen molar-refractivity contribution < 1.29 is 22.9 Å². The van der Waals surface area contributed by atoms with Gasteiger partial charge in [0.25, 0.3) is 5.91 Å². The normalized spacial score (nSPS) is 40.2. The number of hydrogen-bond acceptors (Lipinski definition) is 7. The van der Waals surface area contributed by atoms with E-state index < -0.39 is 27.9 Å². The Morgan fingerprint density at radius 3 is 2.78 bits per heavy atom. The van der Waals surface area contributed by atoms with Crippen LogP contribution < -0.4 is 14.9 Å². The van der Waals surface area contributed by atoms with Gasteiger partial charge in [0.1, 0.15) is 6.10 Å². The van der Waals surface area contributed by atoms with E-state index in [0.29, 0.717) is 26.1 Å². The average molecular weight is 278 g/mol. The molecule has 3 N–H and O–H groups in total. The third-order valence-corrected chi connectivity index (χ3v) is 4.24. The SMILES string of the molecule is O=C1NS(=O)(=O)NC1(C1CCNO1)N1CCCO1. The van der Waals surface area contributed by atoms with E-state index in [-0.39, 0.29) is 0 Å². The molecule has 3 saturated heterocycles. The molecule has 3 heterocycles. The maximum absolute atomic E-state index is 12.1. The molecular weight excluding hydrogens is 264 g/mol. The highest BCUT2D eigenvalue weighted by atomic mass is 32.2. The van der Waals surface area contributed by atoms with Crippen molar-refractivity contribution >= 4 is 16.1 Å². The summed E-state index contributed by atoms with van der Waals surface area (Å²) < 4.78 is 27.4. The lowest BCUT2D eigenvalue weighted by Gasteiger charge is -2.36. The molecule has 3 aliphatic rings. The molecule has 0 spiro atoms. The van der Waals surface area contributed by atoms with Crippen molar-refractivity contribution in [3.8, 4) is 0 Å². The second-order valence-electron chi connectivity index (χ2n) is 4.38. The van der Waals surface area contributed by atoms with Gasteiger partial charge in [0.2, 0.25) is 5.66 Å². The van der Waals surface area contributed by atoms with Crippen LogP contribution >= 0.6 is 0 Å². The van der Waals surface area contributed by atoms with Crippen molar-refractivity contribution in [2.45, 2.75) is 24.6 Å². The molecule has 3 rings (SSSR count). The van der Waals surface area contributed by atoms with E-state index in [1.807, 2.05) is 4.72 Å². The van der Waals surface area contributed by atoms with Gasteiger partial charge in [0.15, 0.2) is 0 Å². The topological polar surface area (TPSA) is 109 Å². The molecule has 1 amide bonds. The fourth-order valence-electron chi connectivity index (χ4n) is 2.44. The van der Waals surface area contributed by atoms with Gasteiger partial charge >= 0.3 is 10.2 Å². The Morgan fingerprint density at radius 2 is 2.28 bits per heavy atom. The summed E-state index contributed by atoms with van der Waals surface area (Å²) in [6.45, 7) is 1.47. The first kappa shape index (κ1) is 12.3. The van der Waals surface area contributed by atoms with Crippen LogP contribution in [-0.2, 0) is 24.7 Å². The highest BCUT2D eigenvalue weighted by Gasteiger charge is 2.61. The first-order valence-corrected chi connectivity index (χ1v) is 7.18. The maximum Gasteiger partial charge on any atom is 0.303 e. The number of hydrogen-bond donors (Lipinski definition) is 3. The fraction of sp³-hybridized carbons (Fsp3) is 0.875. The van der Waals surface area contributed by atoms with Crippen molar-refractivity contribution in [2.75, 3.05) is 19.7 Å². The standard InChI is InChI=1S/C8H14N4O5S/c13-7-8(6-2-3-9-17-6,11-18(14,15)10-7)12-4-1-5-16-12/h6,9,11H,1-5H2,(H,10,13). The second-order valence-corrected chi connectivity index (χ2v) is 5.80. The number of rotatable bonds is 2. The molecule has 0 aliphatic carbocycles. The van der Waals surface area contributed by atoms with E-state index in [2.05, 4.69) is 10.2 Å². The number of amides is 1. The maximum atomic E-state index is 12.1. The van der Waals surface area contributed by atoms with E-state index in [9.17, 15) is 13.2 Å². The molecule has 0 saturated carbocycles. The van der Waals surface area contributed by atoms with Gasteiger partial charge in [-0.05, 0) is 12.8 Å². The van der Waals surface area contributed by atoms with Crippen LogP contribution in [0.25, 0.3) is 0 Å². The second kappa shape index (κ2) is 4.11. The number of nitrogens with zero attached hydrogens (tertiary/aromatic N) is 1. The van der Waals surface area contributed by atoms with Gasteiger partial charge in [-0.2, -0.15) is 18.2 Å². The van der Waals surface area contributed by atoms with Gasteiger partial charge in [-0.1, -0.05) is 0 Å². The van der Waals surface area contributed by atoms with Gasteiger partial charge in [0, 0.05) is 13.1 Å². The van der Waals surface area contributed by atoms with Crippen molar-refractivity contribution in [3.63, 3.8) is 0 Å². The summed E-state index contributed by atoms with van der Waals surface area (Å²) in [6.07, 6.45) is 0.611. The summed E-state index contributed by atoms with van der Waals surface area (Å²) in [7, 11) is -3.86. The van der Waals surface area contributed by atoms with Gasteiger partial charge in [-0.15, -0.1) is 0 Å². The highest BCUT2D eigenvalue weighted by molar-refractivity contribution is 7.88. The molecule has 0 bridgehead atoms. The van der Waals surface area contributed by atoms with Gasteiger partial charge < -0.3 is 0 Å². The summed E-state index contributed by atoms with van der Waals surface area (Å²) >= 11 is 0. The van der Waals surface area contributed by atoms with Gasteiger partial charge in [0.05, 0.1) is 6.61 Å². The van der Waals surface area contributed by atoms with Crippen molar-refractivity contribution in [1.82, 2.24) is 20.0 Å². The minimum absolute atomic E-state index is 0.455. The summed E-state index contributed by atoms with van der Waals surface area (Å²) in [5, 5.41) is 1.37.